The first-order chi connectivity index (χ1) is 8.75. The van der Waals surface area contributed by atoms with Gasteiger partial charge in [-0.05, 0) is 24.3 Å². The third-order valence-electron chi connectivity index (χ3n) is 2.64. The monoisotopic (exact) mass is 241 g/mol. The zero-order chi connectivity index (χ0) is 12.5. The number of fused-ring (bicyclic) bond motifs is 1. The number of rotatable bonds is 1. The number of ether oxygens (including phenoxy) is 1. The molecule has 0 N–H and O–H groups in total. The molecule has 0 bridgehead atoms. The molecule has 0 saturated heterocycles. The number of hydrogen-bond donors (Lipinski definition) is 0. The molecule has 0 amide bonds. The summed E-state index contributed by atoms with van der Waals surface area (Å²) in [4.78, 5) is 15.6. The van der Waals surface area contributed by atoms with Crippen molar-refractivity contribution < 1.29 is 13.9 Å². The van der Waals surface area contributed by atoms with Crippen LogP contribution < -0.4 is 0 Å². The molecule has 2 aromatic rings. The molecule has 3 rings (SSSR count). The Kier molecular flexibility index (Phi) is 2.41. The summed E-state index contributed by atoms with van der Waals surface area (Å²) in [6, 6.07) is 13.0. The van der Waals surface area contributed by atoms with E-state index in [1.54, 1.807) is 36.4 Å². The molecule has 88 valence electrons. The molecule has 0 spiro atoms. The van der Waals surface area contributed by atoms with Crippen molar-refractivity contribution in [3.05, 3.63) is 65.5 Å². The number of nitrogens with zero attached hydrogens (tertiary/aromatic N) is 1. The van der Waals surface area contributed by atoms with Crippen LogP contribution >= 0.6 is 0 Å². The smallest absolute Gasteiger partial charge is 0.345 e. The lowest BCUT2D eigenvalue weighted by molar-refractivity contribution is 0.0737. The van der Waals surface area contributed by atoms with Crippen molar-refractivity contribution in [1.29, 1.82) is 0 Å². The van der Waals surface area contributed by atoms with E-state index in [9.17, 15) is 9.18 Å². The fraction of sp³-hybridized carbons (Fsp3) is 0. The average molecular weight is 241 g/mol. The van der Waals surface area contributed by atoms with E-state index in [1.807, 2.05) is 0 Å². The Morgan fingerprint density at radius 1 is 0.944 bits per heavy atom. The Morgan fingerprint density at radius 2 is 1.61 bits per heavy atom. The Bertz CT molecular complexity index is 664. The quantitative estimate of drug-likeness (QED) is 0.719. The number of carbonyl (C=O) groups is 1. The number of esters is 1. The van der Waals surface area contributed by atoms with Crippen molar-refractivity contribution in [2.75, 3.05) is 0 Å². The zero-order valence-electron chi connectivity index (χ0n) is 9.26. The average Bonchev–Trinajstić information content (AvgIpc) is 2.70. The van der Waals surface area contributed by atoms with Gasteiger partial charge in [0.25, 0.3) is 0 Å². The molecule has 0 atom stereocenters. The summed E-state index contributed by atoms with van der Waals surface area (Å²) in [5.74, 6) is -0.771. The summed E-state index contributed by atoms with van der Waals surface area (Å²) in [6.45, 7) is 0. The molecular weight excluding hydrogens is 233 g/mol. The highest BCUT2D eigenvalue weighted by atomic mass is 19.1. The molecule has 0 saturated carbocycles. The van der Waals surface area contributed by atoms with E-state index in [-0.39, 0.29) is 11.6 Å². The molecule has 3 nitrogen and oxygen atoms in total. The van der Waals surface area contributed by atoms with Gasteiger partial charge < -0.3 is 4.74 Å². The molecule has 0 radical (unpaired) electrons. The van der Waals surface area contributed by atoms with Crippen LogP contribution in [0.1, 0.15) is 15.9 Å². The molecule has 18 heavy (non-hydrogen) atoms. The van der Waals surface area contributed by atoms with Crippen LogP contribution in [0.15, 0.2) is 53.5 Å². The molecule has 4 heteroatoms. The predicted molar refractivity (Wildman–Crippen MR) is 64.5 cm³/mol. The highest BCUT2D eigenvalue weighted by Crippen LogP contribution is 2.24. The van der Waals surface area contributed by atoms with Gasteiger partial charge in [-0.3, -0.25) is 0 Å². The van der Waals surface area contributed by atoms with E-state index in [2.05, 4.69) is 4.99 Å². The lowest BCUT2D eigenvalue weighted by atomic mass is 10.1. The number of aliphatic imine (C=N–C) groups is 1. The molecule has 0 unspecified atom stereocenters. The SMILES string of the molecule is O=C1OC(=Nc2ccccc2F)c2ccccc21. The summed E-state index contributed by atoms with van der Waals surface area (Å²) in [5.41, 5.74) is 1.19. The maximum atomic E-state index is 13.5. The Hall–Kier alpha value is -2.49. The maximum absolute atomic E-state index is 13.5. The fourth-order valence-corrected chi connectivity index (χ4v) is 1.78. The van der Waals surface area contributed by atoms with Crippen molar-refractivity contribution in [1.82, 2.24) is 0 Å². The standard InChI is InChI=1S/C14H8FNO2/c15-11-7-3-4-8-12(11)16-13-9-5-1-2-6-10(9)14(17)18-13/h1-8H. The van der Waals surface area contributed by atoms with Gasteiger partial charge in [-0.25, -0.2) is 14.2 Å². The van der Waals surface area contributed by atoms with Gasteiger partial charge in [0.05, 0.1) is 11.1 Å². The zero-order valence-corrected chi connectivity index (χ0v) is 9.26. The molecule has 0 aliphatic carbocycles. The van der Waals surface area contributed by atoms with Gasteiger partial charge in [-0.1, -0.05) is 24.3 Å². The topological polar surface area (TPSA) is 38.7 Å². The van der Waals surface area contributed by atoms with Gasteiger partial charge in [-0.2, -0.15) is 0 Å². The molecule has 0 aromatic heterocycles. The maximum Gasteiger partial charge on any atom is 0.345 e. The Labute approximate surface area is 103 Å². The first kappa shape index (κ1) is 10.7. The number of carbonyl (C=O) groups excluding carboxylic acids is 1. The van der Waals surface area contributed by atoms with Crippen LogP contribution in [-0.2, 0) is 4.74 Å². The number of benzene rings is 2. The molecule has 0 fully saturated rings. The highest BCUT2D eigenvalue weighted by Gasteiger charge is 2.27. The Morgan fingerprint density at radius 3 is 2.39 bits per heavy atom. The van der Waals surface area contributed by atoms with Crippen LogP contribution in [0.3, 0.4) is 0 Å². The molecule has 2 aromatic carbocycles. The summed E-state index contributed by atoms with van der Waals surface area (Å²) in [5, 5.41) is 0. The Balaban J connectivity index is 2.11. The van der Waals surface area contributed by atoms with Crippen LogP contribution in [0.2, 0.25) is 0 Å². The minimum Gasteiger partial charge on any atom is -0.403 e. The third kappa shape index (κ3) is 1.68. The van der Waals surface area contributed by atoms with Crippen molar-refractivity contribution in [2.24, 2.45) is 4.99 Å². The second kappa shape index (κ2) is 4.07. The minimum absolute atomic E-state index is 0.140. The van der Waals surface area contributed by atoms with E-state index in [4.69, 9.17) is 4.74 Å². The summed E-state index contributed by atoms with van der Waals surface area (Å²) >= 11 is 0. The highest BCUT2D eigenvalue weighted by molar-refractivity contribution is 6.17. The van der Waals surface area contributed by atoms with E-state index in [1.165, 1.54) is 12.1 Å². The van der Waals surface area contributed by atoms with Crippen molar-refractivity contribution in [3.63, 3.8) is 0 Å². The van der Waals surface area contributed by atoms with Gasteiger partial charge in [0.15, 0.2) is 0 Å². The number of para-hydroxylation sites is 1. The van der Waals surface area contributed by atoms with Crippen molar-refractivity contribution >= 4 is 17.6 Å². The van der Waals surface area contributed by atoms with Crippen molar-refractivity contribution in [2.45, 2.75) is 0 Å². The van der Waals surface area contributed by atoms with Crippen LogP contribution in [0, 0.1) is 5.82 Å². The van der Waals surface area contributed by atoms with Crippen LogP contribution in [0.5, 0.6) is 0 Å². The minimum atomic E-state index is -0.458. The normalized spacial score (nSPS) is 15.6. The second-order valence-corrected chi connectivity index (χ2v) is 3.80. The summed E-state index contributed by atoms with van der Waals surface area (Å²) < 4.78 is 18.5. The van der Waals surface area contributed by atoms with Gasteiger partial charge in [0.1, 0.15) is 11.5 Å². The van der Waals surface area contributed by atoms with E-state index in [0.29, 0.717) is 11.1 Å². The summed E-state index contributed by atoms with van der Waals surface area (Å²) in [7, 11) is 0. The lowest BCUT2D eigenvalue weighted by Crippen LogP contribution is -1.99. The largest absolute Gasteiger partial charge is 0.403 e. The van der Waals surface area contributed by atoms with Gasteiger partial charge in [-0.15, -0.1) is 0 Å². The van der Waals surface area contributed by atoms with Gasteiger partial charge in [0.2, 0.25) is 5.90 Å². The second-order valence-electron chi connectivity index (χ2n) is 3.80. The summed E-state index contributed by atoms with van der Waals surface area (Å²) in [6.07, 6.45) is 0. The first-order valence-electron chi connectivity index (χ1n) is 5.40. The van der Waals surface area contributed by atoms with Gasteiger partial charge >= 0.3 is 5.97 Å². The first-order valence-corrected chi connectivity index (χ1v) is 5.40. The van der Waals surface area contributed by atoms with E-state index in [0.717, 1.165) is 0 Å². The van der Waals surface area contributed by atoms with Crippen molar-refractivity contribution in [3.8, 4) is 0 Å². The van der Waals surface area contributed by atoms with Crippen LogP contribution in [0.4, 0.5) is 10.1 Å². The van der Waals surface area contributed by atoms with Crippen LogP contribution in [-0.4, -0.2) is 11.9 Å². The predicted octanol–water partition coefficient (Wildman–Crippen LogP) is 3.07. The molecule has 1 aliphatic rings. The van der Waals surface area contributed by atoms with E-state index < -0.39 is 11.8 Å². The number of halogens is 1. The molecule has 1 aliphatic heterocycles. The fourth-order valence-electron chi connectivity index (χ4n) is 1.78. The number of cyclic esters (lactones) is 1. The third-order valence-corrected chi connectivity index (χ3v) is 2.64. The lowest BCUT2D eigenvalue weighted by Gasteiger charge is -1.99. The van der Waals surface area contributed by atoms with E-state index >= 15 is 0 Å². The number of hydrogen-bond acceptors (Lipinski definition) is 3. The molecular formula is C14H8FNO2. The molecule has 1 heterocycles. The van der Waals surface area contributed by atoms with Crippen LogP contribution in [0.25, 0.3) is 0 Å². The van der Waals surface area contributed by atoms with Gasteiger partial charge in [0, 0.05) is 0 Å².